The van der Waals surface area contributed by atoms with E-state index >= 15 is 0 Å². The van der Waals surface area contributed by atoms with Gasteiger partial charge in [-0.25, -0.2) is 4.98 Å². The Morgan fingerprint density at radius 3 is 2.64 bits per heavy atom. The van der Waals surface area contributed by atoms with Gasteiger partial charge in [-0.3, -0.25) is 9.48 Å². The summed E-state index contributed by atoms with van der Waals surface area (Å²) >= 11 is 0. The van der Waals surface area contributed by atoms with Crippen molar-refractivity contribution in [2.75, 3.05) is 6.54 Å². The number of carbonyl (C=O) groups excluding carboxylic acids is 1. The predicted molar refractivity (Wildman–Crippen MR) is 96.9 cm³/mol. The number of hydrogen-bond donors (Lipinski definition) is 2. The molecule has 3 aromatic rings. The summed E-state index contributed by atoms with van der Waals surface area (Å²) in [5.41, 5.74) is 8.89. The number of nitrogens with two attached hydrogens (primary N) is 1. The Bertz CT molecular complexity index is 844. The number of nitrogens with zero attached hydrogens (tertiary/aromatic N) is 3. The summed E-state index contributed by atoms with van der Waals surface area (Å²) < 4.78 is 1.72. The van der Waals surface area contributed by atoms with Gasteiger partial charge in [-0.15, -0.1) is 0 Å². The molecule has 3 rings (SSSR count). The Hall–Kier alpha value is -2.99. The summed E-state index contributed by atoms with van der Waals surface area (Å²) in [6.45, 7) is 0.363. The lowest BCUT2D eigenvalue weighted by atomic mass is 10.1. The van der Waals surface area contributed by atoms with Crippen LogP contribution in [0, 0.1) is 0 Å². The number of aromatic nitrogens is 3. The van der Waals surface area contributed by atoms with Crippen molar-refractivity contribution in [1.82, 2.24) is 20.1 Å². The summed E-state index contributed by atoms with van der Waals surface area (Å²) in [5.74, 6) is -0.226. The van der Waals surface area contributed by atoms with Crippen LogP contribution in [0.3, 0.4) is 0 Å². The molecule has 0 aliphatic rings. The van der Waals surface area contributed by atoms with Gasteiger partial charge < -0.3 is 11.1 Å². The maximum Gasteiger partial charge on any atom is 0.270 e. The zero-order valence-electron chi connectivity index (χ0n) is 14.1. The second kappa shape index (κ2) is 7.72. The number of pyridine rings is 1. The minimum atomic E-state index is -0.226. The fourth-order valence-electron chi connectivity index (χ4n) is 2.68. The molecule has 0 saturated heterocycles. The monoisotopic (exact) mass is 335 g/mol. The van der Waals surface area contributed by atoms with Crippen molar-refractivity contribution in [3.63, 3.8) is 0 Å². The van der Waals surface area contributed by atoms with E-state index in [1.165, 1.54) is 0 Å². The van der Waals surface area contributed by atoms with Crippen molar-refractivity contribution in [2.45, 2.75) is 12.5 Å². The Labute approximate surface area is 146 Å². The first kappa shape index (κ1) is 16.9. The zero-order valence-corrected chi connectivity index (χ0v) is 14.1. The SMILES string of the molecule is Cn1nccc1-c1cccc(C(=O)NC(CN)Cc2ccccc2)n1. The van der Waals surface area contributed by atoms with Crippen LogP contribution in [-0.4, -0.2) is 33.3 Å². The Morgan fingerprint density at radius 2 is 1.96 bits per heavy atom. The van der Waals surface area contributed by atoms with Gasteiger partial charge in [-0.05, 0) is 30.2 Å². The highest BCUT2D eigenvalue weighted by Crippen LogP contribution is 2.15. The summed E-state index contributed by atoms with van der Waals surface area (Å²) in [6.07, 6.45) is 2.39. The van der Waals surface area contributed by atoms with E-state index in [-0.39, 0.29) is 11.9 Å². The van der Waals surface area contributed by atoms with Crippen LogP contribution in [0.1, 0.15) is 16.1 Å². The molecule has 3 N–H and O–H groups in total. The molecule has 1 unspecified atom stereocenters. The second-order valence-electron chi connectivity index (χ2n) is 5.84. The molecule has 1 amide bonds. The zero-order chi connectivity index (χ0) is 17.6. The molecule has 0 aliphatic carbocycles. The van der Waals surface area contributed by atoms with Gasteiger partial charge in [0.1, 0.15) is 5.69 Å². The Morgan fingerprint density at radius 1 is 1.16 bits per heavy atom. The smallest absolute Gasteiger partial charge is 0.270 e. The van der Waals surface area contributed by atoms with Crippen LogP contribution in [0.5, 0.6) is 0 Å². The molecule has 6 nitrogen and oxygen atoms in total. The number of carbonyl (C=O) groups is 1. The fourth-order valence-corrected chi connectivity index (χ4v) is 2.68. The normalized spacial score (nSPS) is 11.9. The number of rotatable bonds is 6. The van der Waals surface area contributed by atoms with E-state index in [1.54, 1.807) is 16.9 Å². The largest absolute Gasteiger partial charge is 0.346 e. The van der Waals surface area contributed by atoms with Crippen LogP contribution in [0.2, 0.25) is 0 Å². The van der Waals surface area contributed by atoms with Crippen LogP contribution in [-0.2, 0) is 13.5 Å². The van der Waals surface area contributed by atoms with Crippen LogP contribution in [0.15, 0.2) is 60.8 Å². The van der Waals surface area contributed by atoms with E-state index in [0.717, 1.165) is 11.3 Å². The number of aryl methyl sites for hydroxylation is 1. The number of nitrogens with one attached hydrogen (secondary N) is 1. The fraction of sp³-hybridized carbons (Fsp3) is 0.211. The van der Waals surface area contributed by atoms with Crippen LogP contribution in [0.25, 0.3) is 11.4 Å². The first-order valence-corrected chi connectivity index (χ1v) is 8.17. The van der Waals surface area contributed by atoms with Crippen molar-refractivity contribution in [3.8, 4) is 11.4 Å². The van der Waals surface area contributed by atoms with Gasteiger partial charge >= 0.3 is 0 Å². The number of benzene rings is 1. The molecule has 1 atom stereocenters. The van der Waals surface area contributed by atoms with Crippen LogP contribution < -0.4 is 11.1 Å². The predicted octanol–water partition coefficient (Wildman–Crippen LogP) is 1.78. The summed E-state index contributed by atoms with van der Waals surface area (Å²) in [7, 11) is 1.84. The highest BCUT2D eigenvalue weighted by atomic mass is 16.1. The minimum Gasteiger partial charge on any atom is -0.346 e. The molecular weight excluding hydrogens is 314 g/mol. The maximum atomic E-state index is 12.6. The molecule has 2 aromatic heterocycles. The Kier molecular flexibility index (Phi) is 5.20. The molecule has 0 aliphatic heterocycles. The molecule has 0 radical (unpaired) electrons. The van der Waals surface area contributed by atoms with Crippen molar-refractivity contribution >= 4 is 5.91 Å². The lowest BCUT2D eigenvalue weighted by Crippen LogP contribution is -2.42. The first-order chi connectivity index (χ1) is 12.2. The molecule has 0 saturated carbocycles. The molecule has 25 heavy (non-hydrogen) atoms. The average Bonchev–Trinajstić information content (AvgIpc) is 3.08. The lowest BCUT2D eigenvalue weighted by Gasteiger charge is -2.17. The van der Waals surface area contributed by atoms with Crippen molar-refractivity contribution < 1.29 is 4.79 Å². The third-order valence-electron chi connectivity index (χ3n) is 4.01. The summed E-state index contributed by atoms with van der Waals surface area (Å²) in [4.78, 5) is 17.0. The third-order valence-corrected chi connectivity index (χ3v) is 4.01. The standard InChI is InChI=1S/C19H21N5O/c1-24-18(10-11-21-24)16-8-5-9-17(23-16)19(25)22-15(13-20)12-14-6-3-2-4-7-14/h2-11,15H,12-13,20H2,1H3,(H,22,25). The maximum absolute atomic E-state index is 12.6. The molecule has 6 heteroatoms. The van der Waals surface area contributed by atoms with E-state index < -0.39 is 0 Å². The van der Waals surface area contributed by atoms with Crippen LogP contribution in [0.4, 0.5) is 0 Å². The molecular formula is C19H21N5O. The van der Waals surface area contributed by atoms with Crippen LogP contribution >= 0.6 is 0 Å². The first-order valence-electron chi connectivity index (χ1n) is 8.17. The van der Waals surface area contributed by atoms with Gasteiger partial charge in [0.25, 0.3) is 5.91 Å². The van der Waals surface area contributed by atoms with E-state index in [9.17, 15) is 4.79 Å². The van der Waals surface area contributed by atoms with Gasteiger partial charge in [0.2, 0.25) is 0 Å². The van der Waals surface area contributed by atoms with Crippen molar-refractivity contribution in [3.05, 3.63) is 72.1 Å². The molecule has 0 spiro atoms. The van der Waals surface area contributed by atoms with Gasteiger partial charge in [-0.2, -0.15) is 5.10 Å². The minimum absolute atomic E-state index is 0.142. The molecule has 0 bridgehead atoms. The van der Waals surface area contributed by atoms with Crippen molar-refractivity contribution in [1.29, 1.82) is 0 Å². The van der Waals surface area contributed by atoms with E-state index in [1.807, 2.05) is 55.6 Å². The van der Waals surface area contributed by atoms with E-state index in [4.69, 9.17) is 5.73 Å². The topological polar surface area (TPSA) is 85.8 Å². The highest BCUT2D eigenvalue weighted by Gasteiger charge is 2.15. The second-order valence-corrected chi connectivity index (χ2v) is 5.84. The third kappa shape index (κ3) is 4.10. The van der Waals surface area contributed by atoms with E-state index in [2.05, 4.69) is 15.4 Å². The highest BCUT2D eigenvalue weighted by molar-refractivity contribution is 5.93. The van der Waals surface area contributed by atoms with Gasteiger partial charge in [0, 0.05) is 25.8 Å². The lowest BCUT2D eigenvalue weighted by molar-refractivity contribution is 0.0933. The molecule has 2 heterocycles. The van der Waals surface area contributed by atoms with Gasteiger partial charge in [0.05, 0.1) is 11.4 Å². The number of amides is 1. The Balaban J connectivity index is 1.73. The average molecular weight is 335 g/mol. The van der Waals surface area contributed by atoms with Gasteiger partial charge in [0.15, 0.2) is 0 Å². The summed E-state index contributed by atoms with van der Waals surface area (Å²) in [6, 6.07) is 17.1. The van der Waals surface area contributed by atoms with Crippen molar-refractivity contribution in [2.24, 2.45) is 12.8 Å². The van der Waals surface area contributed by atoms with Gasteiger partial charge in [-0.1, -0.05) is 36.4 Å². The molecule has 1 aromatic carbocycles. The van der Waals surface area contributed by atoms with E-state index in [0.29, 0.717) is 24.4 Å². The molecule has 128 valence electrons. The number of hydrogen-bond acceptors (Lipinski definition) is 4. The quantitative estimate of drug-likeness (QED) is 0.719. The summed E-state index contributed by atoms with van der Waals surface area (Å²) in [5, 5.41) is 7.11. The molecule has 0 fully saturated rings.